The smallest absolute Gasteiger partial charge is 0.250 e. The molecule has 0 saturated heterocycles. The Bertz CT molecular complexity index is 715. The Balaban J connectivity index is 1.96. The van der Waals surface area contributed by atoms with E-state index in [1.165, 1.54) is 17.4 Å². The largest absolute Gasteiger partial charge is 0.493 e. The molecule has 0 fully saturated rings. The summed E-state index contributed by atoms with van der Waals surface area (Å²) >= 11 is 1.28. The number of rotatable bonds is 8. The highest BCUT2D eigenvalue weighted by atomic mass is 32.1. The molecule has 7 nitrogen and oxygen atoms in total. The summed E-state index contributed by atoms with van der Waals surface area (Å²) in [6.45, 7) is 2.91. The molecule has 1 aromatic carbocycles. The van der Waals surface area contributed by atoms with E-state index in [0.717, 1.165) is 10.6 Å². The summed E-state index contributed by atoms with van der Waals surface area (Å²) in [5.74, 6) is 0.948. The molecule has 1 heterocycles. The highest BCUT2D eigenvalue weighted by Crippen LogP contribution is 2.28. The third-order valence-corrected chi connectivity index (χ3v) is 3.77. The molecule has 1 aromatic heterocycles. The molecule has 0 radical (unpaired) electrons. The topological polar surface area (TPSA) is 82.6 Å². The van der Waals surface area contributed by atoms with Crippen LogP contribution in [0, 0.1) is 0 Å². The Hall–Kier alpha value is -2.45. The average Bonchev–Trinajstić information content (AvgIpc) is 3.05. The van der Waals surface area contributed by atoms with Gasteiger partial charge in [-0.2, -0.15) is 0 Å². The molecule has 0 atom stereocenters. The van der Waals surface area contributed by atoms with Crippen molar-refractivity contribution in [3.05, 3.63) is 34.8 Å². The lowest BCUT2D eigenvalue weighted by Gasteiger charge is -2.07. The maximum Gasteiger partial charge on any atom is 0.250 e. The van der Waals surface area contributed by atoms with Crippen LogP contribution < -0.4 is 14.8 Å². The lowest BCUT2D eigenvalue weighted by atomic mass is 10.2. The second kappa shape index (κ2) is 8.99. The third kappa shape index (κ3) is 5.04. The number of nitrogens with zero attached hydrogens (tertiary/aromatic N) is 2. The fourth-order valence-electron chi connectivity index (χ4n) is 1.83. The number of amides is 1. The van der Waals surface area contributed by atoms with Crippen LogP contribution in [0.1, 0.15) is 17.5 Å². The van der Waals surface area contributed by atoms with Crippen LogP contribution in [0.2, 0.25) is 0 Å². The number of methoxy groups -OCH3 is 2. The van der Waals surface area contributed by atoms with Crippen LogP contribution in [-0.4, -0.2) is 36.9 Å². The molecule has 1 amide bonds. The highest BCUT2D eigenvalue weighted by Gasteiger charge is 2.07. The number of nitrogens with one attached hydrogen (secondary N) is 1. The molecule has 128 valence electrons. The van der Waals surface area contributed by atoms with Crippen LogP contribution in [0.5, 0.6) is 11.5 Å². The maximum atomic E-state index is 11.9. The van der Waals surface area contributed by atoms with Gasteiger partial charge >= 0.3 is 0 Å². The molecule has 0 aliphatic carbocycles. The fourth-order valence-corrected chi connectivity index (χ4v) is 2.51. The Morgan fingerprint density at radius 1 is 1.25 bits per heavy atom. The average molecular weight is 349 g/mol. The zero-order valence-corrected chi connectivity index (χ0v) is 14.6. The van der Waals surface area contributed by atoms with E-state index in [2.05, 4.69) is 15.5 Å². The van der Waals surface area contributed by atoms with Crippen LogP contribution in [-0.2, 0) is 16.1 Å². The number of carbonyl (C=O) groups excluding carboxylic acids is 1. The van der Waals surface area contributed by atoms with Gasteiger partial charge in [0, 0.05) is 12.7 Å². The number of anilines is 1. The van der Waals surface area contributed by atoms with E-state index in [1.54, 1.807) is 32.4 Å². The first kappa shape index (κ1) is 17.9. The quantitative estimate of drug-likeness (QED) is 0.738. The molecule has 0 aliphatic rings. The van der Waals surface area contributed by atoms with Crippen LogP contribution in [0.15, 0.2) is 24.3 Å². The van der Waals surface area contributed by atoms with Crippen molar-refractivity contribution in [3.8, 4) is 11.5 Å². The van der Waals surface area contributed by atoms with Crippen molar-refractivity contribution in [2.75, 3.05) is 26.1 Å². The number of benzene rings is 1. The molecule has 0 aliphatic heterocycles. The molecule has 2 aromatic rings. The number of hydrogen-bond donors (Lipinski definition) is 1. The van der Waals surface area contributed by atoms with Gasteiger partial charge in [0.15, 0.2) is 11.5 Å². The van der Waals surface area contributed by atoms with Crippen LogP contribution in [0.4, 0.5) is 5.13 Å². The summed E-state index contributed by atoms with van der Waals surface area (Å²) in [5.41, 5.74) is 0.817. The van der Waals surface area contributed by atoms with Gasteiger partial charge in [0.05, 0.1) is 14.2 Å². The van der Waals surface area contributed by atoms with Crippen molar-refractivity contribution in [1.82, 2.24) is 10.2 Å². The van der Waals surface area contributed by atoms with Gasteiger partial charge < -0.3 is 14.2 Å². The first-order valence-corrected chi connectivity index (χ1v) is 8.09. The standard InChI is InChI=1S/C16H19N3O4S/c1-4-23-10-15-18-19-16(24-15)17-14(20)8-6-11-5-7-12(21-2)13(9-11)22-3/h5-9H,4,10H2,1-3H3,(H,17,19,20)/b8-6+. The summed E-state index contributed by atoms with van der Waals surface area (Å²) < 4.78 is 15.6. The highest BCUT2D eigenvalue weighted by molar-refractivity contribution is 7.15. The zero-order valence-electron chi connectivity index (χ0n) is 13.7. The van der Waals surface area contributed by atoms with E-state index in [1.807, 2.05) is 13.0 Å². The maximum absolute atomic E-state index is 11.9. The lowest BCUT2D eigenvalue weighted by Crippen LogP contribution is -2.07. The second-order valence-corrected chi connectivity index (χ2v) is 5.64. The Labute approximate surface area is 144 Å². The van der Waals surface area contributed by atoms with Crippen molar-refractivity contribution >= 4 is 28.5 Å². The van der Waals surface area contributed by atoms with Crippen LogP contribution in [0.25, 0.3) is 6.08 Å². The van der Waals surface area contributed by atoms with E-state index in [9.17, 15) is 4.79 Å². The van der Waals surface area contributed by atoms with Crippen molar-refractivity contribution < 1.29 is 19.0 Å². The number of ether oxygens (including phenoxy) is 3. The zero-order chi connectivity index (χ0) is 17.4. The van der Waals surface area contributed by atoms with Gasteiger partial charge in [0.1, 0.15) is 11.6 Å². The molecular formula is C16H19N3O4S. The minimum atomic E-state index is -0.288. The summed E-state index contributed by atoms with van der Waals surface area (Å²) in [5, 5.41) is 11.7. The van der Waals surface area contributed by atoms with Crippen molar-refractivity contribution in [2.45, 2.75) is 13.5 Å². The number of hydrogen-bond acceptors (Lipinski definition) is 7. The molecule has 2 rings (SSSR count). The summed E-state index contributed by atoms with van der Waals surface area (Å²) in [6, 6.07) is 5.39. The number of carbonyl (C=O) groups is 1. The summed E-state index contributed by atoms with van der Waals surface area (Å²) in [6.07, 6.45) is 3.10. The van der Waals surface area contributed by atoms with E-state index in [-0.39, 0.29) is 5.91 Å². The summed E-state index contributed by atoms with van der Waals surface area (Å²) in [4.78, 5) is 11.9. The molecule has 0 saturated carbocycles. The van der Waals surface area contributed by atoms with Gasteiger partial charge in [-0.3, -0.25) is 10.1 Å². The first-order valence-electron chi connectivity index (χ1n) is 7.27. The SMILES string of the molecule is CCOCc1nnc(NC(=O)/C=C/c2ccc(OC)c(OC)c2)s1. The predicted octanol–water partition coefficient (Wildman–Crippen LogP) is 2.74. The van der Waals surface area contributed by atoms with E-state index in [0.29, 0.717) is 29.8 Å². The monoisotopic (exact) mass is 349 g/mol. The van der Waals surface area contributed by atoms with E-state index < -0.39 is 0 Å². The minimum Gasteiger partial charge on any atom is -0.493 e. The summed E-state index contributed by atoms with van der Waals surface area (Å²) in [7, 11) is 3.13. The van der Waals surface area contributed by atoms with Gasteiger partial charge in [0.2, 0.25) is 11.0 Å². The van der Waals surface area contributed by atoms with Crippen LogP contribution in [0.3, 0.4) is 0 Å². The van der Waals surface area contributed by atoms with Crippen LogP contribution >= 0.6 is 11.3 Å². The minimum absolute atomic E-state index is 0.288. The van der Waals surface area contributed by atoms with Gasteiger partial charge in [-0.25, -0.2) is 0 Å². The Morgan fingerprint density at radius 3 is 2.75 bits per heavy atom. The van der Waals surface area contributed by atoms with Gasteiger partial charge in [0.25, 0.3) is 0 Å². The van der Waals surface area contributed by atoms with Crippen molar-refractivity contribution in [3.63, 3.8) is 0 Å². The first-order chi connectivity index (χ1) is 11.7. The molecule has 1 N–H and O–H groups in total. The Kier molecular flexibility index (Phi) is 6.71. The molecule has 8 heteroatoms. The molecule has 0 spiro atoms. The van der Waals surface area contributed by atoms with Crippen molar-refractivity contribution in [2.24, 2.45) is 0 Å². The molecular weight excluding hydrogens is 330 g/mol. The molecule has 24 heavy (non-hydrogen) atoms. The molecule has 0 bridgehead atoms. The van der Waals surface area contributed by atoms with E-state index >= 15 is 0 Å². The van der Waals surface area contributed by atoms with Gasteiger partial charge in [-0.1, -0.05) is 17.4 Å². The predicted molar refractivity (Wildman–Crippen MR) is 92.4 cm³/mol. The normalized spacial score (nSPS) is 10.8. The molecule has 0 unspecified atom stereocenters. The van der Waals surface area contributed by atoms with E-state index in [4.69, 9.17) is 14.2 Å². The second-order valence-electron chi connectivity index (χ2n) is 4.58. The third-order valence-electron chi connectivity index (χ3n) is 2.96. The Morgan fingerprint density at radius 2 is 2.04 bits per heavy atom. The lowest BCUT2D eigenvalue weighted by molar-refractivity contribution is -0.111. The van der Waals surface area contributed by atoms with Crippen molar-refractivity contribution in [1.29, 1.82) is 0 Å². The number of aromatic nitrogens is 2. The van der Waals surface area contributed by atoms with Gasteiger partial charge in [-0.05, 0) is 30.7 Å². The fraction of sp³-hybridized carbons (Fsp3) is 0.312. The van der Waals surface area contributed by atoms with Gasteiger partial charge in [-0.15, -0.1) is 10.2 Å².